The van der Waals surface area contributed by atoms with Crippen LogP contribution < -0.4 is 5.73 Å². The summed E-state index contributed by atoms with van der Waals surface area (Å²) in [5.74, 6) is 5.97. The second-order valence-electron chi connectivity index (χ2n) is 4.05. The first kappa shape index (κ1) is 14.2. The number of hydrogen-bond donors (Lipinski definition) is 2. The van der Waals surface area contributed by atoms with Crippen LogP contribution >= 0.6 is 11.3 Å². The molecule has 0 radical (unpaired) electrons. The van der Waals surface area contributed by atoms with Crippen molar-refractivity contribution in [2.45, 2.75) is 26.4 Å². The summed E-state index contributed by atoms with van der Waals surface area (Å²) in [6, 6.07) is 2.44. The van der Waals surface area contributed by atoms with Gasteiger partial charge in [-0.05, 0) is 25.3 Å². The van der Waals surface area contributed by atoms with E-state index in [1.807, 2.05) is 11.4 Å². The molecule has 1 heterocycles. The largest absolute Gasteiger partial charge is 0.395 e. The van der Waals surface area contributed by atoms with Crippen molar-refractivity contribution in [2.75, 3.05) is 19.7 Å². The van der Waals surface area contributed by atoms with Crippen LogP contribution in [0.25, 0.3) is 0 Å². The van der Waals surface area contributed by atoms with Crippen molar-refractivity contribution >= 4 is 11.3 Å². The van der Waals surface area contributed by atoms with Crippen molar-refractivity contribution in [1.82, 2.24) is 4.90 Å². The third-order valence-corrected chi connectivity index (χ3v) is 3.44. The van der Waals surface area contributed by atoms with Crippen molar-refractivity contribution in [3.63, 3.8) is 0 Å². The molecular weight excluding hydrogens is 232 g/mol. The first-order valence-corrected chi connectivity index (χ1v) is 6.67. The number of thiophene rings is 1. The van der Waals surface area contributed by atoms with Gasteiger partial charge in [0.15, 0.2) is 0 Å². The fourth-order valence-electron chi connectivity index (χ4n) is 1.55. The minimum absolute atomic E-state index is 0.188. The van der Waals surface area contributed by atoms with Crippen LogP contribution in [-0.2, 0) is 6.54 Å². The van der Waals surface area contributed by atoms with Gasteiger partial charge in [0.2, 0.25) is 0 Å². The topological polar surface area (TPSA) is 49.5 Å². The summed E-state index contributed by atoms with van der Waals surface area (Å²) in [5.41, 5.74) is 6.44. The highest BCUT2D eigenvalue weighted by atomic mass is 32.1. The molecule has 0 spiro atoms. The number of rotatable bonds is 5. The Morgan fingerprint density at radius 1 is 1.53 bits per heavy atom. The minimum Gasteiger partial charge on any atom is -0.395 e. The molecule has 94 valence electrons. The van der Waals surface area contributed by atoms with E-state index in [9.17, 15) is 0 Å². The Bertz CT molecular complexity index is 390. The fourth-order valence-corrected chi connectivity index (χ4v) is 2.41. The molecule has 0 aliphatic heterocycles. The molecule has 0 bridgehead atoms. The number of nitrogens with two attached hydrogens (primary N) is 1. The van der Waals surface area contributed by atoms with Crippen molar-refractivity contribution in [2.24, 2.45) is 5.73 Å². The van der Waals surface area contributed by atoms with Crippen molar-refractivity contribution in [3.8, 4) is 11.8 Å². The second kappa shape index (κ2) is 7.46. The maximum Gasteiger partial charge on any atom is 0.0558 e. The Balaban J connectivity index is 2.75. The average molecular weight is 252 g/mol. The Hall–Kier alpha value is -0.860. The second-order valence-corrected chi connectivity index (χ2v) is 5.05. The molecule has 0 aliphatic rings. The zero-order valence-corrected chi connectivity index (χ0v) is 11.3. The van der Waals surface area contributed by atoms with Crippen molar-refractivity contribution in [1.29, 1.82) is 0 Å². The SMILES string of the molecule is CC(C)N(CCO)Cc1sccc1C#CCN. The highest BCUT2D eigenvalue weighted by Crippen LogP contribution is 2.19. The number of hydrogen-bond acceptors (Lipinski definition) is 4. The fraction of sp³-hybridized carbons (Fsp3) is 0.538. The van der Waals surface area contributed by atoms with E-state index in [1.165, 1.54) is 4.88 Å². The molecule has 0 fully saturated rings. The van der Waals surface area contributed by atoms with Crippen LogP contribution in [0.2, 0.25) is 0 Å². The van der Waals surface area contributed by atoms with Gasteiger partial charge in [-0.2, -0.15) is 0 Å². The third kappa shape index (κ3) is 4.49. The maximum atomic E-state index is 9.04. The van der Waals surface area contributed by atoms with Crippen LogP contribution in [0.1, 0.15) is 24.3 Å². The maximum absolute atomic E-state index is 9.04. The summed E-state index contributed by atoms with van der Waals surface area (Å²) in [7, 11) is 0. The Labute approximate surface area is 107 Å². The summed E-state index contributed by atoms with van der Waals surface area (Å²) >= 11 is 1.70. The van der Waals surface area contributed by atoms with Gasteiger partial charge in [0.1, 0.15) is 0 Å². The molecule has 1 rings (SSSR count). The van der Waals surface area contributed by atoms with E-state index in [1.54, 1.807) is 11.3 Å². The molecule has 0 unspecified atom stereocenters. The lowest BCUT2D eigenvalue weighted by Gasteiger charge is -2.25. The summed E-state index contributed by atoms with van der Waals surface area (Å²) < 4.78 is 0. The molecule has 1 aromatic rings. The molecule has 0 aliphatic carbocycles. The average Bonchev–Trinajstić information content (AvgIpc) is 2.73. The Kier molecular flexibility index (Phi) is 6.23. The van der Waals surface area contributed by atoms with Crippen molar-refractivity contribution in [3.05, 3.63) is 21.9 Å². The van der Waals surface area contributed by atoms with Gasteiger partial charge < -0.3 is 10.8 Å². The lowest BCUT2D eigenvalue weighted by atomic mass is 10.2. The molecular formula is C13H20N2OS. The van der Waals surface area contributed by atoms with Crippen LogP contribution in [0, 0.1) is 11.8 Å². The van der Waals surface area contributed by atoms with Crippen molar-refractivity contribution < 1.29 is 5.11 Å². The van der Waals surface area contributed by atoms with E-state index in [2.05, 4.69) is 30.6 Å². The summed E-state index contributed by atoms with van der Waals surface area (Å²) in [4.78, 5) is 3.48. The van der Waals surface area contributed by atoms with E-state index >= 15 is 0 Å². The molecule has 0 aromatic carbocycles. The zero-order valence-electron chi connectivity index (χ0n) is 10.4. The molecule has 0 amide bonds. The number of aliphatic hydroxyl groups is 1. The lowest BCUT2D eigenvalue weighted by Crippen LogP contribution is -2.32. The number of nitrogens with zero attached hydrogens (tertiary/aromatic N) is 1. The highest BCUT2D eigenvalue weighted by molar-refractivity contribution is 7.10. The van der Waals surface area contributed by atoms with Gasteiger partial charge in [-0.25, -0.2) is 0 Å². The Morgan fingerprint density at radius 2 is 2.29 bits per heavy atom. The van der Waals surface area contributed by atoms with Gasteiger partial charge in [-0.1, -0.05) is 11.8 Å². The molecule has 0 atom stereocenters. The first-order chi connectivity index (χ1) is 8.19. The Morgan fingerprint density at radius 3 is 2.88 bits per heavy atom. The van der Waals surface area contributed by atoms with Crippen LogP contribution in [-0.4, -0.2) is 35.7 Å². The van der Waals surface area contributed by atoms with Crippen LogP contribution in [0.4, 0.5) is 0 Å². The van der Waals surface area contributed by atoms with Gasteiger partial charge in [0.05, 0.1) is 13.2 Å². The van der Waals surface area contributed by atoms with Crippen LogP contribution in [0.3, 0.4) is 0 Å². The minimum atomic E-state index is 0.188. The predicted molar refractivity (Wildman–Crippen MR) is 72.9 cm³/mol. The standard InChI is InChI=1S/C13H20N2OS/c1-11(2)15(7-8-16)10-13-12(4-3-6-14)5-9-17-13/h5,9,11,16H,6-8,10,14H2,1-2H3. The lowest BCUT2D eigenvalue weighted by molar-refractivity contribution is 0.160. The molecule has 0 saturated carbocycles. The third-order valence-electron chi connectivity index (χ3n) is 2.53. The van der Waals surface area contributed by atoms with E-state index < -0.39 is 0 Å². The molecule has 0 saturated heterocycles. The molecule has 3 nitrogen and oxygen atoms in total. The smallest absolute Gasteiger partial charge is 0.0558 e. The normalized spacial score (nSPS) is 10.7. The van der Waals surface area contributed by atoms with Gasteiger partial charge in [-0.3, -0.25) is 4.90 Å². The molecule has 3 N–H and O–H groups in total. The quantitative estimate of drug-likeness (QED) is 0.776. The predicted octanol–water partition coefficient (Wildman–Crippen LogP) is 1.26. The molecule has 17 heavy (non-hydrogen) atoms. The van der Waals surface area contributed by atoms with Gasteiger partial charge in [-0.15, -0.1) is 11.3 Å². The van der Waals surface area contributed by atoms with E-state index in [0.29, 0.717) is 19.1 Å². The molecule has 1 aromatic heterocycles. The van der Waals surface area contributed by atoms with Gasteiger partial charge in [0, 0.05) is 29.6 Å². The van der Waals surface area contributed by atoms with Gasteiger partial charge in [0.25, 0.3) is 0 Å². The monoisotopic (exact) mass is 252 g/mol. The zero-order chi connectivity index (χ0) is 12.7. The van der Waals surface area contributed by atoms with Crippen LogP contribution in [0.15, 0.2) is 11.4 Å². The van der Waals surface area contributed by atoms with Gasteiger partial charge >= 0.3 is 0 Å². The van der Waals surface area contributed by atoms with E-state index in [4.69, 9.17) is 10.8 Å². The summed E-state index contributed by atoms with van der Waals surface area (Å²) in [5, 5.41) is 11.1. The number of aliphatic hydroxyl groups excluding tert-OH is 1. The highest BCUT2D eigenvalue weighted by Gasteiger charge is 2.12. The van der Waals surface area contributed by atoms with Crippen LogP contribution in [0.5, 0.6) is 0 Å². The van der Waals surface area contributed by atoms with E-state index in [-0.39, 0.29) is 6.61 Å². The molecule has 4 heteroatoms. The summed E-state index contributed by atoms with van der Waals surface area (Å²) in [6.45, 7) is 6.37. The first-order valence-electron chi connectivity index (χ1n) is 5.79. The van der Waals surface area contributed by atoms with E-state index in [0.717, 1.165) is 12.1 Å². The summed E-state index contributed by atoms with van der Waals surface area (Å²) in [6.07, 6.45) is 0.